The van der Waals surface area contributed by atoms with Crippen LogP contribution < -0.4 is 0 Å². The van der Waals surface area contributed by atoms with Crippen LogP contribution in [0.15, 0.2) is 29.2 Å². The summed E-state index contributed by atoms with van der Waals surface area (Å²) in [6, 6.07) is 7.27. The van der Waals surface area contributed by atoms with E-state index in [1.165, 1.54) is 6.42 Å². The Morgan fingerprint density at radius 3 is 2.71 bits per heavy atom. The Morgan fingerprint density at radius 1 is 1.29 bits per heavy atom. The van der Waals surface area contributed by atoms with E-state index in [1.54, 1.807) is 6.07 Å². The molecule has 0 spiro atoms. The van der Waals surface area contributed by atoms with E-state index in [4.69, 9.17) is 4.74 Å². The van der Waals surface area contributed by atoms with Crippen molar-refractivity contribution in [3.8, 4) is 0 Å². The number of ether oxygens (including phenoxy) is 1. The number of hydrogen-bond acceptors (Lipinski definition) is 3. The minimum atomic E-state index is -0.241. The second-order valence-corrected chi connectivity index (χ2v) is 5.20. The maximum atomic E-state index is 12.0. The molecule has 0 saturated heterocycles. The maximum Gasteiger partial charge on any atom is 0.339 e. The molecule has 1 aromatic rings. The van der Waals surface area contributed by atoms with Crippen LogP contribution in [-0.4, -0.2) is 12.1 Å². The molecule has 0 radical (unpaired) electrons. The van der Waals surface area contributed by atoms with Gasteiger partial charge in [-0.05, 0) is 37.3 Å². The minimum absolute atomic E-state index is 0.0733. The number of hydrogen-bond donors (Lipinski definition) is 1. The predicted octanol–water partition coefficient (Wildman–Crippen LogP) is 3.71. The fraction of sp³-hybridized carbons (Fsp3) is 0.500. The van der Waals surface area contributed by atoms with Crippen molar-refractivity contribution in [1.82, 2.24) is 0 Å². The van der Waals surface area contributed by atoms with Gasteiger partial charge in [-0.1, -0.05) is 25.5 Å². The van der Waals surface area contributed by atoms with E-state index in [0.717, 1.165) is 19.3 Å². The van der Waals surface area contributed by atoms with Gasteiger partial charge in [0.15, 0.2) is 0 Å². The van der Waals surface area contributed by atoms with Crippen LogP contribution in [0.4, 0.5) is 0 Å². The molecule has 0 heterocycles. The number of rotatable bonds is 2. The third kappa shape index (κ3) is 3.03. The quantitative estimate of drug-likeness (QED) is 0.639. The van der Waals surface area contributed by atoms with Crippen LogP contribution in [0.3, 0.4) is 0 Å². The predicted molar refractivity (Wildman–Crippen MR) is 70.5 cm³/mol. The van der Waals surface area contributed by atoms with E-state index in [0.29, 0.717) is 16.4 Å². The summed E-state index contributed by atoms with van der Waals surface area (Å²) < 4.78 is 5.58. The van der Waals surface area contributed by atoms with Gasteiger partial charge in [-0.25, -0.2) is 4.79 Å². The monoisotopic (exact) mass is 250 g/mol. The Morgan fingerprint density at radius 2 is 2.00 bits per heavy atom. The highest BCUT2D eigenvalue weighted by Crippen LogP contribution is 2.27. The Labute approximate surface area is 108 Å². The van der Waals surface area contributed by atoms with E-state index in [1.807, 2.05) is 18.2 Å². The Balaban J connectivity index is 2.04. The van der Waals surface area contributed by atoms with Crippen LogP contribution in [0.2, 0.25) is 0 Å². The summed E-state index contributed by atoms with van der Waals surface area (Å²) in [7, 11) is 0. The molecule has 2 rings (SSSR count). The van der Waals surface area contributed by atoms with Gasteiger partial charge in [-0.15, -0.1) is 12.6 Å². The Hall–Kier alpha value is -0.960. The molecule has 3 heteroatoms. The lowest BCUT2D eigenvalue weighted by Gasteiger charge is -2.28. The van der Waals surface area contributed by atoms with Gasteiger partial charge in [-0.2, -0.15) is 0 Å². The molecular weight excluding hydrogens is 232 g/mol. The van der Waals surface area contributed by atoms with Gasteiger partial charge in [-0.3, -0.25) is 0 Å². The van der Waals surface area contributed by atoms with Crippen molar-refractivity contribution in [2.24, 2.45) is 5.92 Å². The van der Waals surface area contributed by atoms with Crippen LogP contribution in [0.1, 0.15) is 43.0 Å². The zero-order valence-electron chi connectivity index (χ0n) is 10.1. The van der Waals surface area contributed by atoms with Crippen molar-refractivity contribution in [2.45, 2.75) is 43.6 Å². The number of carbonyl (C=O) groups is 1. The average Bonchev–Trinajstić information content (AvgIpc) is 2.32. The molecule has 92 valence electrons. The van der Waals surface area contributed by atoms with Crippen LogP contribution >= 0.6 is 12.6 Å². The number of carbonyl (C=O) groups excluding carboxylic acids is 1. The van der Waals surface area contributed by atoms with Gasteiger partial charge >= 0.3 is 5.97 Å². The first-order valence-corrected chi connectivity index (χ1v) is 6.62. The maximum absolute atomic E-state index is 12.0. The lowest BCUT2D eigenvalue weighted by atomic mass is 9.88. The molecular formula is C14H18O2S. The van der Waals surface area contributed by atoms with Gasteiger partial charge in [0.05, 0.1) is 5.56 Å². The first-order chi connectivity index (χ1) is 8.18. The molecule has 0 aliphatic heterocycles. The fourth-order valence-corrected chi connectivity index (χ4v) is 2.56. The van der Waals surface area contributed by atoms with E-state index >= 15 is 0 Å². The minimum Gasteiger partial charge on any atom is -0.458 e. The van der Waals surface area contributed by atoms with Crippen molar-refractivity contribution in [2.75, 3.05) is 0 Å². The molecule has 17 heavy (non-hydrogen) atoms. The smallest absolute Gasteiger partial charge is 0.339 e. The first-order valence-electron chi connectivity index (χ1n) is 6.17. The number of benzene rings is 1. The van der Waals surface area contributed by atoms with Crippen molar-refractivity contribution in [3.63, 3.8) is 0 Å². The van der Waals surface area contributed by atoms with Crippen LogP contribution in [-0.2, 0) is 4.74 Å². The van der Waals surface area contributed by atoms with Gasteiger partial charge in [0.25, 0.3) is 0 Å². The zero-order chi connectivity index (χ0) is 12.3. The molecule has 1 aliphatic carbocycles. The zero-order valence-corrected chi connectivity index (χ0v) is 11.0. The lowest BCUT2D eigenvalue weighted by Crippen LogP contribution is -2.28. The number of esters is 1. The highest BCUT2D eigenvalue weighted by atomic mass is 32.1. The topological polar surface area (TPSA) is 26.3 Å². The highest BCUT2D eigenvalue weighted by Gasteiger charge is 2.25. The van der Waals surface area contributed by atoms with Crippen molar-refractivity contribution in [3.05, 3.63) is 29.8 Å². The molecule has 2 nitrogen and oxygen atoms in total. The second kappa shape index (κ2) is 5.58. The summed E-state index contributed by atoms with van der Waals surface area (Å²) in [6.07, 6.45) is 4.62. The van der Waals surface area contributed by atoms with Gasteiger partial charge in [0.1, 0.15) is 6.10 Å². The molecule has 1 aliphatic rings. The summed E-state index contributed by atoms with van der Waals surface area (Å²) in [4.78, 5) is 12.7. The van der Waals surface area contributed by atoms with Crippen molar-refractivity contribution >= 4 is 18.6 Å². The van der Waals surface area contributed by atoms with E-state index in [-0.39, 0.29) is 12.1 Å². The second-order valence-electron chi connectivity index (χ2n) is 4.72. The first kappa shape index (κ1) is 12.5. The third-order valence-electron chi connectivity index (χ3n) is 3.42. The van der Waals surface area contributed by atoms with Gasteiger partial charge in [0, 0.05) is 4.90 Å². The van der Waals surface area contributed by atoms with E-state index < -0.39 is 0 Å². The van der Waals surface area contributed by atoms with E-state index in [9.17, 15) is 4.79 Å². The summed E-state index contributed by atoms with van der Waals surface area (Å²) in [5.74, 6) is 0.231. The fourth-order valence-electron chi connectivity index (χ4n) is 2.30. The SMILES string of the molecule is CC1CCCCC1OC(=O)c1ccccc1S. The van der Waals surface area contributed by atoms with Crippen LogP contribution in [0.5, 0.6) is 0 Å². The van der Waals surface area contributed by atoms with E-state index in [2.05, 4.69) is 19.6 Å². The molecule has 2 unspecified atom stereocenters. The summed E-state index contributed by atoms with van der Waals surface area (Å²) in [6.45, 7) is 2.16. The standard InChI is InChI=1S/C14H18O2S/c1-10-6-2-4-8-12(10)16-14(15)11-7-3-5-9-13(11)17/h3,5,7,9-10,12,17H,2,4,6,8H2,1H3. The van der Waals surface area contributed by atoms with Crippen molar-refractivity contribution in [1.29, 1.82) is 0 Å². The Bertz CT molecular complexity index is 403. The molecule has 0 aromatic heterocycles. The lowest BCUT2D eigenvalue weighted by molar-refractivity contribution is 0.00446. The average molecular weight is 250 g/mol. The largest absolute Gasteiger partial charge is 0.458 e. The molecule has 1 fully saturated rings. The molecule has 0 N–H and O–H groups in total. The van der Waals surface area contributed by atoms with Crippen LogP contribution in [0, 0.1) is 5.92 Å². The number of thiol groups is 1. The molecule has 1 saturated carbocycles. The van der Waals surface area contributed by atoms with Gasteiger partial charge < -0.3 is 4.74 Å². The third-order valence-corrected chi connectivity index (χ3v) is 3.81. The normalized spacial score (nSPS) is 24.4. The summed E-state index contributed by atoms with van der Waals surface area (Å²) in [5, 5.41) is 0. The highest BCUT2D eigenvalue weighted by molar-refractivity contribution is 7.80. The van der Waals surface area contributed by atoms with Crippen LogP contribution in [0.25, 0.3) is 0 Å². The summed E-state index contributed by atoms with van der Waals surface area (Å²) in [5.41, 5.74) is 0.564. The molecule has 2 atom stereocenters. The molecule has 1 aromatic carbocycles. The Kier molecular flexibility index (Phi) is 4.11. The van der Waals surface area contributed by atoms with Crippen molar-refractivity contribution < 1.29 is 9.53 Å². The van der Waals surface area contributed by atoms with Gasteiger partial charge in [0.2, 0.25) is 0 Å². The molecule has 0 amide bonds. The summed E-state index contributed by atoms with van der Waals surface area (Å²) >= 11 is 4.28. The molecule has 0 bridgehead atoms.